The van der Waals surface area contributed by atoms with Crippen LogP contribution in [0, 0.1) is 0 Å². The van der Waals surface area contributed by atoms with E-state index in [2.05, 4.69) is 24.7 Å². The molecule has 2 aromatic heterocycles. The highest BCUT2D eigenvalue weighted by atomic mass is 35.5. The first-order chi connectivity index (χ1) is 15.1. The second-order valence-electron chi connectivity index (χ2n) is 7.56. The van der Waals surface area contributed by atoms with Gasteiger partial charge in [-0.1, -0.05) is 59.9 Å². The molecular weight excluding hydrogens is 453 g/mol. The number of rotatable bonds is 5. The van der Waals surface area contributed by atoms with Crippen LogP contribution in [0.15, 0.2) is 52.4 Å². The average molecular weight is 472 g/mol. The molecule has 0 saturated heterocycles. The van der Waals surface area contributed by atoms with Gasteiger partial charge in [0.2, 0.25) is 0 Å². The average Bonchev–Trinajstić information content (AvgIpc) is 3.42. The third-order valence-electron chi connectivity index (χ3n) is 5.52. The summed E-state index contributed by atoms with van der Waals surface area (Å²) >= 11 is 14.0. The molecule has 0 amide bonds. The molecule has 0 radical (unpaired) electrons. The first kappa shape index (κ1) is 20.5. The minimum absolute atomic E-state index is 0.175. The van der Waals surface area contributed by atoms with Crippen LogP contribution in [0.5, 0.6) is 0 Å². The van der Waals surface area contributed by atoms with Gasteiger partial charge in [0.15, 0.2) is 11.0 Å². The molecule has 2 aromatic carbocycles. The van der Waals surface area contributed by atoms with Crippen LogP contribution in [0.3, 0.4) is 0 Å². The van der Waals surface area contributed by atoms with E-state index in [-0.39, 0.29) is 5.56 Å². The Morgan fingerprint density at radius 1 is 1.10 bits per heavy atom. The predicted octanol–water partition coefficient (Wildman–Crippen LogP) is 5.90. The van der Waals surface area contributed by atoms with Crippen LogP contribution in [-0.4, -0.2) is 24.7 Å². The summed E-state index contributed by atoms with van der Waals surface area (Å²) in [6, 6.07) is 13.1. The summed E-state index contributed by atoms with van der Waals surface area (Å²) in [4.78, 5) is 19.9. The number of nitrogens with one attached hydrogen (secondary N) is 1. The Morgan fingerprint density at radius 3 is 2.71 bits per heavy atom. The summed E-state index contributed by atoms with van der Waals surface area (Å²) in [5, 5.41) is 11.5. The van der Waals surface area contributed by atoms with Crippen molar-refractivity contribution >= 4 is 45.9 Å². The van der Waals surface area contributed by atoms with Crippen LogP contribution in [-0.2, 0) is 5.75 Å². The van der Waals surface area contributed by atoms with Gasteiger partial charge in [-0.3, -0.25) is 9.36 Å². The maximum absolute atomic E-state index is 12.4. The van der Waals surface area contributed by atoms with E-state index >= 15 is 0 Å². The zero-order chi connectivity index (χ0) is 21.4. The lowest BCUT2D eigenvalue weighted by atomic mass is 10.2. The summed E-state index contributed by atoms with van der Waals surface area (Å²) in [6.07, 6.45) is 4.56. The molecule has 158 valence electrons. The molecule has 1 fully saturated rings. The van der Waals surface area contributed by atoms with Crippen LogP contribution >= 0.6 is 35.0 Å². The molecule has 0 atom stereocenters. The summed E-state index contributed by atoms with van der Waals surface area (Å²) in [6.45, 7) is 0. The highest BCUT2D eigenvalue weighted by molar-refractivity contribution is 7.98. The van der Waals surface area contributed by atoms with Gasteiger partial charge in [-0.2, -0.15) is 0 Å². The van der Waals surface area contributed by atoms with Gasteiger partial charge >= 0.3 is 0 Å². The van der Waals surface area contributed by atoms with Crippen molar-refractivity contribution in [3.05, 3.63) is 68.7 Å². The second kappa shape index (κ2) is 8.65. The number of aromatic amines is 1. The highest BCUT2D eigenvalue weighted by Gasteiger charge is 2.26. The van der Waals surface area contributed by atoms with E-state index in [4.69, 9.17) is 23.2 Å². The lowest BCUT2D eigenvalue weighted by Crippen LogP contribution is -2.12. The Bertz CT molecular complexity index is 1310. The number of thioether (sulfide) groups is 1. The summed E-state index contributed by atoms with van der Waals surface area (Å²) in [7, 11) is 0. The lowest BCUT2D eigenvalue weighted by molar-refractivity contribution is 0.485. The van der Waals surface area contributed by atoms with Gasteiger partial charge in [-0.15, -0.1) is 10.2 Å². The molecule has 6 nitrogen and oxygen atoms in total. The number of hydrogen-bond acceptors (Lipinski definition) is 5. The molecule has 5 rings (SSSR count). The first-order valence-corrected chi connectivity index (χ1v) is 11.9. The standard InChI is InChI=1S/C22H19Cl2N5OS/c23-13-9-10-16-18(11-13)25-19(26-21(16)30)12-31-22-28-27-20(15-7-3-4-8-17(15)24)29(22)14-5-1-2-6-14/h3-4,7-11,14H,1-2,5-6,12H2,(H,25,26,30). The van der Waals surface area contributed by atoms with E-state index in [1.807, 2.05) is 24.3 Å². The van der Waals surface area contributed by atoms with E-state index in [0.717, 1.165) is 29.4 Å². The smallest absolute Gasteiger partial charge is 0.258 e. The molecule has 2 heterocycles. The molecule has 1 N–H and O–H groups in total. The van der Waals surface area contributed by atoms with Crippen LogP contribution in [0.4, 0.5) is 0 Å². The molecule has 1 aliphatic carbocycles. The van der Waals surface area contributed by atoms with Crippen LogP contribution in [0.2, 0.25) is 10.0 Å². The first-order valence-electron chi connectivity index (χ1n) is 10.1. The summed E-state index contributed by atoms with van der Waals surface area (Å²) < 4.78 is 2.20. The van der Waals surface area contributed by atoms with Gasteiger partial charge in [0.1, 0.15) is 5.82 Å². The maximum Gasteiger partial charge on any atom is 0.258 e. The highest BCUT2D eigenvalue weighted by Crippen LogP contribution is 2.38. The Morgan fingerprint density at radius 2 is 1.90 bits per heavy atom. The van der Waals surface area contributed by atoms with E-state index in [1.165, 1.54) is 24.6 Å². The van der Waals surface area contributed by atoms with Gasteiger partial charge < -0.3 is 4.98 Å². The van der Waals surface area contributed by atoms with Crippen molar-refractivity contribution in [1.29, 1.82) is 0 Å². The fraction of sp³-hybridized carbons (Fsp3) is 0.273. The van der Waals surface area contributed by atoms with E-state index in [1.54, 1.807) is 18.2 Å². The van der Waals surface area contributed by atoms with Gasteiger partial charge in [-0.25, -0.2) is 4.98 Å². The molecule has 0 aliphatic heterocycles. The number of aromatic nitrogens is 5. The van der Waals surface area contributed by atoms with Crippen LogP contribution < -0.4 is 5.56 Å². The van der Waals surface area contributed by atoms with Crippen LogP contribution in [0.1, 0.15) is 37.5 Å². The minimum Gasteiger partial charge on any atom is -0.309 e. The third-order valence-corrected chi connectivity index (χ3v) is 7.04. The second-order valence-corrected chi connectivity index (χ2v) is 9.34. The molecule has 31 heavy (non-hydrogen) atoms. The van der Waals surface area contributed by atoms with Gasteiger partial charge in [0, 0.05) is 16.6 Å². The van der Waals surface area contributed by atoms with Crippen molar-refractivity contribution in [2.75, 3.05) is 0 Å². The van der Waals surface area contributed by atoms with E-state index in [9.17, 15) is 4.79 Å². The lowest BCUT2D eigenvalue weighted by Gasteiger charge is -2.17. The Balaban J connectivity index is 1.49. The normalized spacial score (nSPS) is 14.5. The zero-order valence-electron chi connectivity index (χ0n) is 16.5. The number of halogens is 2. The van der Waals surface area contributed by atoms with Gasteiger partial charge in [-0.05, 0) is 43.2 Å². The third kappa shape index (κ3) is 4.10. The SMILES string of the molecule is O=c1[nH]c(CSc2nnc(-c3ccccc3Cl)n2C2CCCC2)nc2cc(Cl)ccc12. The van der Waals surface area contributed by atoms with Crippen molar-refractivity contribution in [2.24, 2.45) is 0 Å². The molecule has 1 saturated carbocycles. The number of nitrogens with zero attached hydrogens (tertiary/aromatic N) is 4. The van der Waals surface area contributed by atoms with Crippen molar-refractivity contribution in [3.8, 4) is 11.4 Å². The van der Waals surface area contributed by atoms with Crippen molar-refractivity contribution in [3.63, 3.8) is 0 Å². The van der Waals surface area contributed by atoms with Gasteiger partial charge in [0.25, 0.3) is 5.56 Å². The molecule has 0 bridgehead atoms. The molecule has 0 unspecified atom stereocenters. The minimum atomic E-state index is -0.175. The van der Waals surface area contributed by atoms with E-state index < -0.39 is 0 Å². The molecular formula is C22H19Cl2N5OS. The van der Waals surface area contributed by atoms with Crippen molar-refractivity contribution in [1.82, 2.24) is 24.7 Å². The molecule has 9 heteroatoms. The monoisotopic (exact) mass is 471 g/mol. The predicted molar refractivity (Wildman–Crippen MR) is 125 cm³/mol. The topological polar surface area (TPSA) is 76.5 Å². The van der Waals surface area contributed by atoms with Gasteiger partial charge in [0.05, 0.1) is 21.7 Å². The van der Waals surface area contributed by atoms with Crippen molar-refractivity contribution in [2.45, 2.75) is 42.6 Å². The van der Waals surface area contributed by atoms with Crippen LogP contribution in [0.25, 0.3) is 22.3 Å². The maximum atomic E-state index is 12.4. The Hall–Kier alpha value is -2.35. The molecule has 0 spiro atoms. The number of benzene rings is 2. The molecule has 1 aliphatic rings. The number of hydrogen-bond donors (Lipinski definition) is 1. The van der Waals surface area contributed by atoms with Crippen molar-refractivity contribution < 1.29 is 0 Å². The summed E-state index contributed by atoms with van der Waals surface area (Å²) in [5.74, 6) is 1.82. The Labute approximate surface area is 193 Å². The fourth-order valence-corrected chi connectivity index (χ4v) is 5.32. The summed E-state index contributed by atoms with van der Waals surface area (Å²) in [5.41, 5.74) is 1.29. The number of fused-ring (bicyclic) bond motifs is 1. The quantitative estimate of drug-likeness (QED) is 0.366. The number of H-pyrrole nitrogens is 1. The zero-order valence-corrected chi connectivity index (χ0v) is 18.8. The molecule has 4 aromatic rings. The Kier molecular flexibility index (Phi) is 5.73. The fourth-order valence-electron chi connectivity index (χ4n) is 4.06. The largest absolute Gasteiger partial charge is 0.309 e. The van der Waals surface area contributed by atoms with E-state index in [0.29, 0.717) is 38.6 Å².